The monoisotopic (exact) mass is 355 g/mol. The van der Waals surface area contributed by atoms with E-state index in [0.717, 1.165) is 4.47 Å². The fourth-order valence-electron chi connectivity index (χ4n) is 1.51. The number of aromatic carboxylic acids is 1. The van der Waals surface area contributed by atoms with E-state index in [9.17, 15) is 13.2 Å². The van der Waals surface area contributed by atoms with Crippen LogP contribution in [-0.4, -0.2) is 19.5 Å². The summed E-state index contributed by atoms with van der Waals surface area (Å²) in [5.41, 5.74) is 0.461. The van der Waals surface area contributed by atoms with Crippen LogP contribution in [0, 0.1) is 0 Å². The Labute approximate surface area is 124 Å². The molecule has 0 aromatic heterocycles. The predicted molar refractivity (Wildman–Crippen MR) is 78.4 cm³/mol. The lowest BCUT2D eigenvalue weighted by Crippen LogP contribution is -2.13. The highest BCUT2D eigenvalue weighted by Crippen LogP contribution is 2.19. The van der Waals surface area contributed by atoms with E-state index in [4.69, 9.17) is 5.11 Å². The summed E-state index contributed by atoms with van der Waals surface area (Å²) >= 11 is 3.26. The Morgan fingerprint density at radius 2 is 1.55 bits per heavy atom. The van der Waals surface area contributed by atoms with Gasteiger partial charge in [0.2, 0.25) is 0 Å². The summed E-state index contributed by atoms with van der Waals surface area (Å²) in [6, 6.07) is 11.7. The number of hydrogen-bond donors (Lipinski definition) is 2. The van der Waals surface area contributed by atoms with E-state index in [1.165, 1.54) is 24.3 Å². The Bertz CT molecular complexity index is 724. The molecule has 2 rings (SSSR count). The predicted octanol–water partition coefficient (Wildman–Crippen LogP) is 2.95. The molecule has 7 heteroatoms. The van der Waals surface area contributed by atoms with Crippen molar-refractivity contribution in [1.82, 2.24) is 0 Å². The van der Waals surface area contributed by atoms with Gasteiger partial charge in [0.15, 0.2) is 0 Å². The number of sulfonamides is 1. The second-order valence-corrected chi connectivity index (χ2v) is 6.54. The Morgan fingerprint density at radius 1 is 1.00 bits per heavy atom. The molecule has 0 radical (unpaired) electrons. The van der Waals surface area contributed by atoms with Crippen molar-refractivity contribution in [1.29, 1.82) is 0 Å². The quantitative estimate of drug-likeness (QED) is 0.882. The van der Waals surface area contributed by atoms with Crippen molar-refractivity contribution in [3.8, 4) is 0 Å². The molecule has 0 aliphatic carbocycles. The van der Waals surface area contributed by atoms with Crippen molar-refractivity contribution >= 4 is 37.6 Å². The Hall–Kier alpha value is -1.86. The van der Waals surface area contributed by atoms with Crippen molar-refractivity contribution in [2.24, 2.45) is 0 Å². The number of carbonyl (C=O) groups is 1. The fourth-order valence-corrected chi connectivity index (χ4v) is 2.83. The number of rotatable bonds is 4. The zero-order valence-electron chi connectivity index (χ0n) is 10.1. The van der Waals surface area contributed by atoms with Gasteiger partial charge in [-0.2, -0.15) is 0 Å². The second-order valence-electron chi connectivity index (χ2n) is 3.94. The van der Waals surface area contributed by atoms with Gasteiger partial charge in [0.05, 0.1) is 10.5 Å². The first-order valence-corrected chi connectivity index (χ1v) is 7.78. The maximum Gasteiger partial charge on any atom is 0.335 e. The topological polar surface area (TPSA) is 83.5 Å². The van der Waals surface area contributed by atoms with Crippen LogP contribution < -0.4 is 4.72 Å². The summed E-state index contributed by atoms with van der Waals surface area (Å²) in [6.45, 7) is 0. The van der Waals surface area contributed by atoms with Gasteiger partial charge in [0.25, 0.3) is 10.0 Å². The Balaban J connectivity index is 2.26. The molecule has 0 aliphatic rings. The molecule has 0 fully saturated rings. The third-order valence-corrected chi connectivity index (χ3v) is 4.43. The van der Waals surface area contributed by atoms with Crippen LogP contribution in [0.4, 0.5) is 5.69 Å². The van der Waals surface area contributed by atoms with Crippen molar-refractivity contribution in [2.45, 2.75) is 4.90 Å². The molecule has 0 spiro atoms. The first-order chi connectivity index (χ1) is 9.38. The summed E-state index contributed by atoms with van der Waals surface area (Å²) in [6.07, 6.45) is 0. The highest BCUT2D eigenvalue weighted by molar-refractivity contribution is 9.10. The molecule has 20 heavy (non-hydrogen) atoms. The van der Waals surface area contributed by atoms with Gasteiger partial charge in [-0.1, -0.05) is 15.9 Å². The maximum absolute atomic E-state index is 12.1. The van der Waals surface area contributed by atoms with E-state index >= 15 is 0 Å². The zero-order valence-corrected chi connectivity index (χ0v) is 12.5. The Kier molecular flexibility index (Phi) is 4.10. The lowest BCUT2D eigenvalue weighted by Gasteiger charge is -2.08. The van der Waals surface area contributed by atoms with Crippen molar-refractivity contribution in [3.05, 3.63) is 58.6 Å². The molecule has 5 nitrogen and oxygen atoms in total. The maximum atomic E-state index is 12.1. The van der Waals surface area contributed by atoms with E-state index in [2.05, 4.69) is 20.7 Å². The van der Waals surface area contributed by atoms with Crippen LogP contribution in [-0.2, 0) is 10.0 Å². The van der Waals surface area contributed by atoms with E-state index in [-0.39, 0.29) is 10.5 Å². The third-order valence-electron chi connectivity index (χ3n) is 2.51. The minimum Gasteiger partial charge on any atom is -0.478 e. The van der Waals surface area contributed by atoms with E-state index < -0.39 is 16.0 Å². The highest BCUT2D eigenvalue weighted by atomic mass is 79.9. The summed E-state index contributed by atoms with van der Waals surface area (Å²) in [5, 5.41) is 8.77. The van der Waals surface area contributed by atoms with E-state index in [1.54, 1.807) is 24.3 Å². The normalized spacial score (nSPS) is 11.1. The molecule has 104 valence electrons. The molecule has 0 heterocycles. The van der Waals surface area contributed by atoms with E-state index in [0.29, 0.717) is 5.69 Å². The first kappa shape index (κ1) is 14.5. The molecule has 0 saturated carbocycles. The minimum atomic E-state index is -3.73. The smallest absolute Gasteiger partial charge is 0.335 e. The molecular weight excluding hydrogens is 346 g/mol. The van der Waals surface area contributed by atoms with Crippen LogP contribution in [0.5, 0.6) is 0 Å². The molecule has 2 aromatic rings. The van der Waals surface area contributed by atoms with Gasteiger partial charge >= 0.3 is 5.97 Å². The number of nitrogens with one attached hydrogen (secondary N) is 1. The van der Waals surface area contributed by atoms with Crippen LogP contribution >= 0.6 is 15.9 Å². The summed E-state index contributed by atoms with van der Waals surface area (Å²) in [5.74, 6) is -1.10. The standard InChI is InChI=1S/C13H10BrNO4S/c14-10-3-5-11(6-4-10)15-20(18,19)12-7-1-9(2-8-12)13(16)17/h1-8,15H,(H,16,17). The average molecular weight is 356 g/mol. The largest absolute Gasteiger partial charge is 0.478 e. The number of carboxylic acids is 1. The van der Waals surface area contributed by atoms with Crippen LogP contribution in [0.25, 0.3) is 0 Å². The van der Waals surface area contributed by atoms with Gasteiger partial charge in [0, 0.05) is 10.2 Å². The molecule has 0 amide bonds. The van der Waals surface area contributed by atoms with Crippen LogP contribution in [0.3, 0.4) is 0 Å². The van der Waals surface area contributed by atoms with Crippen LogP contribution in [0.1, 0.15) is 10.4 Å². The van der Waals surface area contributed by atoms with Crippen molar-refractivity contribution in [3.63, 3.8) is 0 Å². The van der Waals surface area contributed by atoms with Gasteiger partial charge in [-0.3, -0.25) is 4.72 Å². The molecule has 0 atom stereocenters. The Morgan fingerprint density at radius 3 is 2.05 bits per heavy atom. The number of benzene rings is 2. The van der Waals surface area contributed by atoms with Crippen molar-refractivity contribution in [2.75, 3.05) is 4.72 Å². The molecule has 0 unspecified atom stereocenters. The van der Waals surface area contributed by atoms with Crippen molar-refractivity contribution < 1.29 is 18.3 Å². The molecule has 0 bridgehead atoms. The minimum absolute atomic E-state index is 0.00502. The van der Waals surface area contributed by atoms with Crippen LogP contribution in [0.15, 0.2) is 57.9 Å². The molecular formula is C13H10BrNO4S. The summed E-state index contributed by atoms with van der Waals surface area (Å²) in [4.78, 5) is 10.7. The molecule has 0 saturated heterocycles. The second kappa shape index (κ2) is 5.64. The van der Waals surface area contributed by atoms with E-state index in [1.807, 2.05) is 0 Å². The molecule has 0 aliphatic heterocycles. The fraction of sp³-hybridized carbons (Fsp3) is 0. The first-order valence-electron chi connectivity index (χ1n) is 5.50. The molecule has 2 aromatic carbocycles. The third kappa shape index (κ3) is 3.37. The number of halogens is 1. The summed E-state index contributed by atoms with van der Waals surface area (Å²) < 4.78 is 27.4. The van der Waals surface area contributed by atoms with Crippen LogP contribution in [0.2, 0.25) is 0 Å². The lowest BCUT2D eigenvalue weighted by atomic mass is 10.2. The van der Waals surface area contributed by atoms with Gasteiger partial charge < -0.3 is 5.11 Å². The lowest BCUT2D eigenvalue weighted by molar-refractivity contribution is 0.0697. The average Bonchev–Trinajstić information content (AvgIpc) is 2.41. The van der Waals surface area contributed by atoms with Gasteiger partial charge in [-0.15, -0.1) is 0 Å². The zero-order chi connectivity index (χ0) is 14.8. The number of anilines is 1. The number of hydrogen-bond acceptors (Lipinski definition) is 3. The highest BCUT2D eigenvalue weighted by Gasteiger charge is 2.14. The van der Waals surface area contributed by atoms with Gasteiger partial charge in [0.1, 0.15) is 0 Å². The van der Waals surface area contributed by atoms with Gasteiger partial charge in [-0.25, -0.2) is 13.2 Å². The summed E-state index contributed by atoms with van der Waals surface area (Å²) in [7, 11) is -3.73. The molecule has 2 N–H and O–H groups in total. The van der Waals surface area contributed by atoms with Gasteiger partial charge in [-0.05, 0) is 48.5 Å². The SMILES string of the molecule is O=C(O)c1ccc(S(=O)(=O)Nc2ccc(Br)cc2)cc1. The number of carboxylic acid groups (broad SMARTS) is 1.